The lowest BCUT2D eigenvalue weighted by atomic mass is 10.1. The van der Waals surface area contributed by atoms with E-state index < -0.39 is 11.7 Å². The number of aryl methyl sites for hydroxylation is 1. The Labute approximate surface area is 176 Å². The zero-order valence-corrected chi connectivity index (χ0v) is 16.5. The number of pyridine rings is 1. The van der Waals surface area contributed by atoms with Crippen LogP contribution >= 0.6 is 0 Å². The van der Waals surface area contributed by atoms with Gasteiger partial charge < -0.3 is 9.72 Å². The van der Waals surface area contributed by atoms with Crippen molar-refractivity contribution in [3.63, 3.8) is 0 Å². The van der Waals surface area contributed by atoms with Crippen molar-refractivity contribution in [2.24, 2.45) is 0 Å². The fourth-order valence-corrected chi connectivity index (χ4v) is 3.44. The second-order valence-electron chi connectivity index (χ2n) is 7.10. The molecule has 5 rings (SSSR count). The van der Waals surface area contributed by atoms with Crippen molar-refractivity contribution in [2.75, 3.05) is 5.32 Å². The maximum atomic E-state index is 14.2. The first kappa shape index (κ1) is 18.7. The molecular weight excluding hydrogens is 395 g/mol. The number of fused-ring (bicyclic) bond motifs is 1. The monoisotopic (exact) mass is 412 g/mol. The molecule has 0 bridgehead atoms. The van der Waals surface area contributed by atoms with E-state index in [4.69, 9.17) is 0 Å². The molecule has 0 unspecified atom stereocenters. The van der Waals surface area contributed by atoms with E-state index in [0.717, 1.165) is 22.2 Å². The Morgan fingerprint density at radius 2 is 1.81 bits per heavy atom. The van der Waals surface area contributed by atoms with Crippen LogP contribution in [0.2, 0.25) is 0 Å². The van der Waals surface area contributed by atoms with Gasteiger partial charge >= 0.3 is 0 Å². The molecule has 0 saturated carbocycles. The van der Waals surface area contributed by atoms with Crippen molar-refractivity contribution in [2.45, 2.75) is 6.92 Å². The number of carbonyl (C=O) groups excluding carboxylic acids is 1. The number of hydrogen-bond acceptors (Lipinski definition) is 4. The van der Waals surface area contributed by atoms with Crippen molar-refractivity contribution in [3.05, 3.63) is 96.7 Å². The molecule has 5 aromatic rings. The molecule has 0 atom stereocenters. The third-order valence-electron chi connectivity index (χ3n) is 4.99. The number of amides is 1. The minimum Gasteiger partial charge on any atom is -0.318 e. The van der Waals surface area contributed by atoms with Gasteiger partial charge in [-0.1, -0.05) is 12.1 Å². The quantitative estimate of drug-likeness (QED) is 0.478. The van der Waals surface area contributed by atoms with E-state index in [-0.39, 0.29) is 11.4 Å². The van der Waals surface area contributed by atoms with E-state index in [0.29, 0.717) is 5.82 Å². The van der Waals surface area contributed by atoms with Gasteiger partial charge in [-0.15, -0.1) is 0 Å². The van der Waals surface area contributed by atoms with Gasteiger partial charge in [-0.05, 0) is 48.9 Å². The summed E-state index contributed by atoms with van der Waals surface area (Å²) < 4.78 is 17.6. The molecule has 0 radical (unpaired) electrons. The molecule has 1 amide bonds. The first-order chi connectivity index (χ1) is 15.1. The molecule has 0 aliphatic rings. The normalized spacial score (nSPS) is 11.0. The van der Waals surface area contributed by atoms with Crippen LogP contribution in [0.25, 0.3) is 22.5 Å². The highest BCUT2D eigenvalue weighted by Gasteiger charge is 2.17. The lowest BCUT2D eigenvalue weighted by molar-refractivity contribution is 0.101. The standard InChI is InChI=1S/C23H17FN6O/c1-15-2-6-20(19(24)10-15)28-23(31)21-8-9-27-30(21)22-7-5-18-4-3-16(13-29(18)22)17-11-25-14-26-12-17/h2-14H,1H3,(H,28,31). The molecule has 0 aliphatic carbocycles. The van der Waals surface area contributed by atoms with Crippen LogP contribution in [-0.4, -0.2) is 30.1 Å². The summed E-state index contributed by atoms with van der Waals surface area (Å²) in [4.78, 5) is 21.0. The number of nitrogens with zero attached hydrogens (tertiary/aromatic N) is 5. The van der Waals surface area contributed by atoms with Gasteiger partial charge in [-0.3, -0.25) is 4.79 Å². The summed E-state index contributed by atoms with van der Waals surface area (Å²) >= 11 is 0. The SMILES string of the molecule is Cc1ccc(NC(=O)c2ccnn2-c2ccc3ccc(-c4cncnc4)cn23)c(F)c1. The van der Waals surface area contributed by atoms with Crippen LogP contribution in [0.15, 0.2) is 79.6 Å². The Morgan fingerprint density at radius 3 is 2.61 bits per heavy atom. The second-order valence-corrected chi connectivity index (χ2v) is 7.10. The summed E-state index contributed by atoms with van der Waals surface area (Å²) in [6, 6.07) is 14.0. The largest absolute Gasteiger partial charge is 0.318 e. The Balaban J connectivity index is 1.53. The predicted octanol–water partition coefficient (Wildman–Crippen LogP) is 4.28. The number of carbonyl (C=O) groups is 1. The number of hydrogen-bond donors (Lipinski definition) is 1. The predicted molar refractivity (Wildman–Crippen MR) is 115 cm³/mol. The van der Waals surface area contributed by atoms with Crippen LogP contribution in [0.5, 0.6) is 0 Å². The zero-order valence-electron chi connectivity index (χ0n) is 16.5. The van der Waals surface area contributed by atoms with Gasteiger partial charge in [0.2, 0.25) is 0 Å². The molecule has 1 aromatic carbocycles. The van der Waals surface area contributed by atoms with Gasteiger partial charge in [0.05, 0.1) is 11.9 Å². The van der Waals surface area contributed by atoms with Crippen molar-refractivity contribution >= 4 is 17.1 Å². The Hall–Kier alpha value is -4.33. The van der Waals surface area contributed by atoms with Crippen LogP contribution in [0.3, 0.4) is 0 Å². The molecule has 4 aromatic heterocycles. The number of anilines is 1. The second kappa shape index (κ2) is 7.49. The highest BCUT2D eigenvalue weighted by Crippen LogP contribution is 2.23. The molecule has 31 heavy (non-hydrogen) atoms. The van der Waals surface area contributed by atoms with Gasteiger partial charge in [0.1, 0.15) is 23.7 Å². The van der Waals surface area contributed by atoms with Crippen molar-refractivity contribution in [3.8, 4) is 16.9 Å². The average molecular weight is 412 g/mol. The summed E-state index contributed by atoms with van der Waals surface area (Å²) in [7, 11) is 0. The Bertz CT molecular complexity index is 1410. The molecule has 0 spiro atoms. The summed E-state index contributed by atoms with van der Waals surface area (Å²) in [5.41, 5.74) is 3.91. The molecule has 0 fully saturated rings. The fraction of sp³-hybridized carbons (Fsp3) is 0.0435. The average Bonchev–Trinajstić information content (AvgIpc) is 3.42. The third kappa shape index (κ3) is 3.44. The third-order valence-corrected chi connectivity index (χ3v) is 4.99. The van der Waals surface area contributed by atoms with Crippen LogP contribution in [0, 0.1) is 12.7 Å². The minimum absolute atomic E-state index is 0.120. The minimum atomic E-state index is -0.484. The summed E-state index contributed by atoms with van der Waals surface area (Å²) in [6.07, 6.45) is 8.43. The highest BCUT2D eigenvalue weighted by atomic mass is 19.1. The fourth-order valence-electron chi connectivity index (χ4n) is 3.44. The van der Waals surface area contributed by atoms with Gasteiger partial charge in [-0.2, -0.15) is 5.10 Å². The van der Waals surface area contributed by atoms with Gasteiger partial charge in [0.15, 0.2) is 0 Å². The smallest absolute Gasteiger partial charge is 0.274 e. The van der Waals surface area contributed by atoms with Gasteiger partial charge in [0, 0.05) is 35.2 Å². The van der Waals surface area contributed by atoms with E-state index in [2.05, 4.69) is 20.4 Å². The van der Waals surface area contributed by atoms with E-state index in [1.54, 1.807) is 37.5 Å². The van der Waals surface area contributed by atoms with E-state index in [1.165, 1.54) is 23.3 Å². The summed E-state index contributed by atoms with van der Waals surface area (Å²) in [6.45, 7) is 1.79. The highest BCUT2D eigenvalue weighted by molar-refractivity contribution is 6.03. The molecule has 8 heteroatoms. The van der Waals surface area contributed by atoms with Crippen LogP contribution in [-0.2, 0) is 0 Å². The van der Waals surface area contributed by atoms with Crippen LogP contribution in [0.4, 0.5) is 10.1 Å². The van der Waals surface area contributed by atoms with Crippen LogP contribution in [0.1, 0.15) is 16.1 Å². The van der Waals surface area contributed by atoms with Crippen molar-refractivity contribution < 1.29 is 9.18 Å². The number of halogens is 1. The van der Waals surface area contributed by atoms with E-state index >= 15 is 0 Å². The summed E-state index contributed by atoms with van der Waals surface area (Å²) in [5, 5.41) is 6.95. The van der Waals surface area contributed by atoms with E-state index in [9.17, 15) is 9.18 Å². The zero-order chi connectivity index (χ0) is 21.4. The molecule has 152 valence electrons. The molecule has 0 saturated heterocycles. The molecule has 7 nitrogen and oxygen atoms in total. The van der Waals surface area contributed by atoms with Crippen LogP contribution < -0.4 is 5.32 Å². The number of rotatable bonds is 4. The number of aromatic nitrogens is 5. The maximum absolute atomic E-state index is 14.2. The molecule has 1 N–H and O–H groups in total. The number of benzene rings is 1. The summed E-state index contributed by atoms with van der Waals surface area (Å²) in [5.74, 6) is -0.265. The van der Waals surface area contributed by atoms with Crippen molar-refractivity contribution in [1.82, 2.24) is 24.1 Å². The van der Waals surface area contributed by atoms with E-state index in [1.807, 2.05) is 34.9 Å². The topological polar surface area (TPSA) is 77.1 Å². The maximum Gasteiger partial charge on any atom is 0.274 e. The molecular formula is C23H17FN6O. The Kier molecular flexibility index (Phi) is 4.51. The Morgan fingerprint density at radius 1 is 1.00 bits per heavy atom. The van der Waals surface area contributed by atoms with Crippen molar-refractivity contribution in [1.29, 1.82) is 0 Å². The van der Waals surface area contributed by atoms with Gasteiger partial charge in [-0.25, -0.2) is 19.0 Å². The first-order valence-corrected chi connectivity index (χ1v) is 9.58. The lowest BCUT2D eigenvalue weighted by Crippen LogP contribution is -2.18. The number of nitrogens with one attached hydrogen (secondary N) is 1. The lowest BCUT2D eigenvalue weighted by Gasteiger charge is -2.11. The van der Waals surface area contributed by atoms with Gasteiger partial charge in [0.25, 0.3) is 5.91 Å². The molecule has 0 aliphatic heterocycles. The molecule has 4 heterocycles. The first-order valence-electron chi connectivity index (χ1n) is 9.58.